The van der Waals surface area contributed by atoms with E-state index in [2.05, 4.69) is 25.4 Å². The fraction of sp³-hybridized carbons (Fsp3) is 1.00. The van der Waals surface area contributed by atoms with Crippen LogP contribution in [0.25, 0.3) is 0 Å². The summed E-state index contributed by atoms with van der Waals surface area (Å²) in [6.07, 6.45) is 2.12. The zero-order valence-corrected chi connectivity index (χ0v) is 9.13. The Morgan fingerprint density at radius 3 is 2.55 bits per heavy atom. The monoisotopic (exact) mass is 195 g/mol. The maximum absolute atomic E-state index is 5.71. The molecular weight excluding hydrogens is 178 g/mol. The lowest BCUT2D eigenvalue weighted by atomic mass is 10.1. The van der Waals surface area contributed by atoms with Crippen molar-refractivity contribution in [2.75, 3.05) is 24.4 Å². The van der Waals surface area contributed by atoms with E-state index in [1.807, 2.05) is 11.8 Å². The lowest BCUT2D eigenvalue weighted by molar-refractivity contribution is 0.442. The Kier molecular flexibility index (Phi) is 7.66. The molecule has 68 valence electrons. The van der Waals surface area contributed by atoms with Crippen LogP contribution in [0.2, 0.25) is 0 Å². The van der Waals surface area contributed by atoms with E-state index in [-0.39, 0.29) is 0 Å². The summed E-state index contributed by atoms with van der Waals surface area (Å²) in [7, 11) is 0. The van der Waals surface area contributed by atoms with E-state index in [0.29, 0.717) is 12.0 Å². The minimum atomic E-state index is 0.541. The first-order valence-electron chi connectivity index (χ1n) is 4.00. The maximum Gasteiger partial charge on any atom is 0.0263 e. The lowest BCUT2D eigenvalue weighted by Gasteiger charge is -2.18. The Hall–Kier alpha value is 0.600. The summed E-state index contributed by atoms with van der Waals surface area (Å²) in [5.41, 5.74) is 0. The minimum absolute atomic E-state index is 0.541. The number of rotatable bonds is 6. The first-order valence-corrected chi connectivity index (χ1v) is 5.93. The molecule has 0 aromatic rings. The quantitative estimate of drug-likeness (QED) is 0.515. The van der Waals surface area contributed by atoms with E-state index < -0.39 is 0 Å². The smallest absolute Gasteiger partial charge is 0.0263 e. The summed E-state index contributed by atoms with van der Waals surface area (Å²) in [5, 5.41) is 3.43. The van der Waals surface area contributed by atoms with Gasteiger partial charge in [0.15, 0.2) is 0 Å². The van der Waals surface area contributed by atoms with Crippen LogP contribution in [-0.2, 0) is 0 Å². The van der Waals surface area contributed by atoms with E-state index >= 15 is 0 Å². The number of thioether (sulfide) groups is 1. The van der Waals surface area contributed by atoms with Gasteiger partial charge in [0.1, 0.15) is 0 Å². The molecule has 2 unspecified atom stereocenters. The largest absolute Gasteiger partial charge is 0.313 e. The zero-order valence-electron chi connectivity index (χ0n) is 7.56. The predicted molar refractivity (Wildman–Crippen MR) is 55.7 cm³/mol. The van der Waals surface area contributed by atoms with E-state index in [4.69, 9.17) is 11.6 Å². The fourth-order valence-electron chi connectivity index (χ4n) is 0.723. The van der Waals surface area contributed by atoms with Crippen molar-refractivity contribution in [2.45, 2.75) is 19.9 Å². The fourth-order valence-corrected chi connectivity index (χ4v) is 1.31. The van der Waals surface area contributed by atoms with Crippen LogP contribution < -0.4 is 5.32 Å². The van der Waals surface area contributed by atoms with Crippen LogP contribution in [0.15, 0.2) is 0 Å². The van der Waals surface area contributed by atoms with E-state index in [1.165, 1.54) is 5.75 Å². The highest BCUT2D eigenvalue weighted by Crippen LogP contribution is 2.04. The molecule has 0 amide bonds. The van der Waals surface area contributed by atoms with Crippen molar-refractivity contribution in [3.8, 4) is 0 Å². The second-order valence-electron chi connectivity index (χ2n) is 2.87. The molecule has 0 heterocycles. The lowest BCUT2D eigenvalue weighted by Crippen LogP contribution is -2.34. The molecule has 0 aliphatic carbocycles. The molecular formula is C8H18ClNS. The number of alkyl halides is 1. The molecule has 11 heavy (non-hydrogen) atoms. The molecule has 0 rings (SSSR count). The van der Waals surface area contributed by atoms with Crippen molar-refractivity contribution >= 4 is 23.4 Å². The third kappa shape index (κ3) is 5.83. The summed E-state index contributed by atoms with van der Waals surface area (Å²) in [5.74, 6) is 2.49. The molecule has 0 aromatic heterocycles. The van der Waals surface area contributed by atoms with Gasteiger partial charge in [0.05, 0.1) is 0 Å². The highest BCUT2D eigenvalue weighted by atomic mass is 35.5. The Bertz CT molecular complexity index is 90.2. The summed E-state index contributed by atoms with van der Waals surface area (Å²) < 4.78 is 0. The van der Waals surface area contributed by atoms with Gasteiger partial charge < -0.3 is 5.32 Å². The molecule has 2 atom stereocenters. The average Bonchev–Trinajstić information content (AvgIpc) is 2.03. The third-order valence-corrected chi connectivity index (χ3v) is 2.97. The summed E-state index contributed by atoms with van der Waals surface area (Å²) in [4.78, 5) is 0. The Labute approximate surface area is 79.3 Å². The predicted octanol–water partition coefficient (Wildman–Crippen LogP) is 2.20. The molecule has 0 spiro atoms. The van der Waals surface area contributed by atoms with Crippen molar-refractivity contribution in [1.82, 2.24) is 5.32 Å². The van der Waals surface area contributed by atoms with Crippen LogP contribution in [-0.4, -0.2) is 30.5 Å². The van der Waals surface area contributed by atoms with E-state index in [9.17, 15) is 0 Å². The average molecular weight is 196 g/mol. The Morgan fingerprint density at radius 1 is 1.45 bits per heavy atom. The van der Waals surface area contributed by atoms with E-state index in [0.717, 1.165) is 12.4 Å². The van der Waals surface area contributed by atoms with Crippen LogP contribution in [0.4, 0.5) is 0 Å². The Balaban J connectivity index is 3.28. The minimum Gasteiger partial charge on any atom is -0.313 e. The number of nitrogens with one attached hydrogen (secondary N) is 1. The topological polar surface area (TPSA) is 12.0 Å². The van der Waals surface area contributed by atoms with Gasteiger partial charge in [-0.15, -0.1) is 11.6 Å². The molecule has 0 fully saturated rings. The molecule has 0 bridgehead atoms. The molecule has 0 saturated heterocycles. The normalized spacial score (nSPS) is 16.4. The maximum atomic E-state index is 5.71. The van der Waals surface area contributed by atoms with Crippen molar-refractivity contribution in [2.24, 2.45) is 5.92 Å². The molecule has 0 aliphatic heterocycles. The molecule has 3 heteroatoms. The number of halogens is 1. The van der Waals surface area contributed by atoms with Crippen molar-refractivity contribution in [3.63, 3.8) is 0 Å². The summed E-state index contributed by atoms with van der Waals surface area (Å²) in [6, 6.07) is 0.541. The Morgan fingerprint density at radius 2 is 2.09 bits per heavy atom. The SMILES string of the molecule is CSCCNC(C)C(C)CCl. The zero-order chi connectivity index (χ0) is 8.69. The van der Waals surface area contributed by atoms with E-state index in [1.54, 1.807) is 0 Å². The number of hydrogen-bond acceptors (Lipinski definition) is 2. The van der Waals surface area contributed by atoms with Crippen LogP contribution in [0, 0.1) is 5.92 Å². The van der Waals surface area contributed by atoms with Crippen LogP contribution in [0.3, 0.4) is 0 Å². The van der Waals surface area contributed by atoms with Crippen molar-refractivity contribution in [3.05, 3.63) is 0 Å². The van der Waals surface area contributed by atoms with Crippen LogP contribution in [0.1, 0.15) is 13.8 Å². The van der Waals surface area contributed by atoms with Gasteiger partial charge >= 0.3 is 0 Å². The van der Waals surface area contributed by atoms with Crippen molar-refractivity contribution < 1.29 is 0 Å². The second-order valence-corrected chi connectivity index (χ2v) is 4.16. The number of hydrogen-bond donors (Lipinski definition) is 1. The van der Waals surface area contributed by atoms with Crippen LogP contribution in [0.5, 0.6) is 0 Å². The molecule has 0 aromatic carbocycles. The molecule has 0 saturated carbocycles. The highest BCUT2D eigenvalue weighted by molar-refractivity contribution is 7.98. The van der Waals surface area contributed by atoms with Gasteiger partial charge in [-0.2, -0.15) is 11.8 Å². The molecule has 1 nitrogen and oxygen atoms in total. The first kappa shape index (κ1) is 11.6. The first-order chi connectivity index (χ1) is 5.22. The highest BCUT2D eigenvalue weighted by Gasteiger charge is 2.08. The van der Waals surface area contributed by atoms with Gasteiger partial charge in [-0.05, 0) is 19.1 Å². The van der Waals surface area contributed by atoms with Gasteiger partial charge in [0.2, 0.25) is 0 Å². The van der Waals surface area contributed by atoms with Crippen LogP contribution >= 0.6 is 23.4 Å². The van der Waals surface area contributed by atoms with Crippen molar-refractivity contribution in [1.29, 1.82) is 0 Å². The van der Waals surface area contributed by atoms with Gasteiger partial charge in [-0.25, -0.2) is 0 Å². The van der Waals surface area contributed by atoms with Gasteiger partial charge in [-0.3, -0.25) is 0 Å². The standard InChI is InChI=1S/C8H18ClNS/c1-7(6-9)8(2)10-4-5-11-3/h7-8,10H,4-6H2,1-3H3. The van der Waals surface area contributed by atoms with Gasteiger partial charge in [0, 0.05) is 24.2 Å². The molecule has 0 aliphatic rings. The molecule has 1 N–H and O–H groups in total. The van der Waals surface area contributed by atoms with Gasteiger partial charge in [-0.1, -0.05) is 6.92 Å². The van der Waals surface area contributed by atoms with Gasteiger partial charge in [0.25, 0.3) is 0 Å². The summed E-state index contributed by atoms with van der Waals surface area (Å²) in [6.45, 7) is 5.45. The molecule has 0 radical (unpaired) electrons. The third-order valence-electron chi connectivity index (χ3n) is 1.87. The second kappa shape index (κ2) is 7.26. The summed E-state index contributed by atoms with van der Waals surface area (Å²) >= 11 is 7.58.